The highest BCUT2D eigenvalue weighted by Crippen LogP contribution is 2.43. The molecule has 4 amide bonds. The normalized spacial score (nSPS) is 13.2. The van der Waals surface area contributed by atoms with E-state index in [1.54, 1.807) is 6.92 Å². The van der Waals surface area contributed by atoms with E-state index in [-0.39, 0.29) is 40.0 Å². The molecule has 0 atom stereocenters. The largest absolute Gasteiger partial charge is 0.490 e. The molecule has 170 valence electrons. The number of carbonyl (C=O) groups excluding carboxylic acids is 3. The molecule has 1 heterocycles. The van der Waals surface area contributed by atoms with Gasteiger partial charge in [0.05, 0.1) is 27.5 Å². The van der Waals surface area contributed by atoms with Crippen LogP contribution in [0.25, 0.3) is 6.08 Å². The van der Waals surface area contributed by atoms with Gasteiger partial charge in [0.15, 0.2) is 11.5 Å². The van der Waals surface area contributed by atoms with Gasteiger partial charge in [-0.2, -0.15) is 0 Å². The Morgan fingerprint density at radius 2 is 1.67 bits per heavy atom. The first-order valence-electron chi connectivity index (χ1n) is 9.06. The first-order chi connectivity index (χ1) is 15.6. The van der Waals surface area contributed by atoms with E-state index in [0.717, 1.165) is 24.3 Å². The number of non-ortho nitro benzene ring substituents is 1. The zero-order valence-electron chi connectivity index (χ0n) is 16.6. The van der Waals surface area contributed by atoms with Crippen LogP contribution in [0.2, 0.25) is 5.02 Å². The first-order valence-corrected chi connectivity index (χ1v) is 9.44. The molecular weight excluding hydrogens is 464 g/mol. The second-order valence-electron chi connectivity index (χ2n) is 6.33. The van der Waals surface area contributed by atoms with Crippen LogP contribution in [0.15, 0.2) is 35.9 Å². The van der Waals surface area contributed by atoms with Gasteiger partial charge in [0.1, 0.15) is 5.57 Å². The molecule has 2 N–H and O–H groups in total. The van der Waals surface area contributed by atoms with E-state index in [2.05, 4.69) is 0 Å². The van der Waals surface area contributed by atoms with Crippen LogP contribution in [0.4, 0.5) is 16.2 Å². The van der Waals surface area contributed by atoms with E-state index in [1.807, 2.05) is 10.6 Å². The molecule has 2 aromatic carbocycles. The van der Waals surface area contributed by atoms with E-state index in [9.17, 15) is 34.6 Å². The summed E-state index contributed by atoms with van der Waals surface area (Å²) in [4.78, 5) is 55.7. The Morgan fingerprint density at radius 1 is 1.00 bits per heavy atom. The van der Waals surface area contributed by atoms with Gasteiger partial charge in [-0.15, -0.1) is 0 Å². The van der Waals surface area contributed by atoms with Crippen molar-refractivity contribution in [3.05, 3.63) is 66.7 Å². The monoisotopic (exact) mass is 476 g/mol. The Kier molecular flexibility index (Phi) is 6.53. The number of rotatable bonds is 7. The number of nitrogens with one attached hydrogen (secondary N) is 2. The molecule has 0 aromatic heterocycles. The maximum atomic E-state index is 11.9. The van der Waals surface area contributed by atoms with Crippen molar-refractivity contribution in [2.75, 3.05) is 6.61 Å². The lowest BCUT2D eigenvalue weighted by molar-refractivity contribution is -0.394. The molecule has 0 saturated carbocycles. The fraction of sp³-hybridized carbons (Fsp3) is 0.105. The number of nitrogens with zero attached hydrogens (tertiary/aromatic N) is 2. The van der Waals surface area contributed by atoms with Gasteiger partial charge in [0.25, 0.3) is 17.5 Å². The SMILES string of the molecule is CCOc1cc(C=C2C(=O)NC(=O)NC2=O)cc(Cl)c1Oc1ccc([N+](=O)[O-])cc1[N+](=O)[O-]. The van der Waals surface area contributed by atoms with E-state index >= 15 is 0 Å². The second kappa shape index (κ2) is 9.32. The number of amides is 4. The quantitative estimate of drug-likeness (QED) is 0.262. The number of nitro groups is 2. The van der Waals surface area contributed by atoms with Gasteiger partial charge in [0, 0.05) is 6.07 Å². The lowest BCUT2D eigenvalue weighted by atomic mass is 10.1. The third-order valence-corrected chi connectivity index (χ3v) is 4.43. The minimum Gasteiger partial charge on any atom is -0.490 e. The molecule has 1 saturated heterocycles. The number of halogens is 1. The van der Waals surface area contributed by atoms with Crippen LogP contribution < -0.4 is 20.1 Å². The molecule has 13 nitrogen and oxygen atoms in total. The highest BCUT2D eigenvalue weighted by Gasteiger charge is 2.28. The Labute approximate surface area is 189 Å². The number of barbiturate groups is 1. The van der Waals surface area contributed by atoms with Crippen LogP contribution in [-0.4, -0.2) is 34.3 Å². The van der Waals surface area contributed by atoms with E-state index in [4.69, 9.17) is 21.1 Å². The standard InChI is InChI=1S/C19H13ClN4O9/c1-2-32-15-7-9(5-11-17(25)21-19(27)22-18(11)26)6-12(20)16(15)33-14-4-3-10(23(28)29)8-13(14)24(30)31/h3-8H,2H2,1H3,(H2,21,22,25,26,27). The Morgan fingerprint density at radius 3 is 2.24 bits per heavy atom. The van der Waals surface area contributed by atoms with Crippen LogP contribution >= 0.6 is 11.6 Å². The predicted molar refractivity (Wildman–Crippen MR) is 112 cm³/mol. The van der Waals surface area contributed by atoms with Crippen molar-refractivity contribution in [3.63, 3.8) is 0 Å². The van der Waals surface area contributed by atoms with Gasteiger partial charge in [-0.1, -0.05) is 11.6 Å². The molecule has 1 fully saturated rings. The van der Waals surface area contributed by atoms with Crippen LogP contribution in [0.5, 0.6) is 17.2 Å². The summed E-state index contributed by atoms with van der Waals surface area (Å²) in [5.41, 5.74) is -1.32. The predicted octanol–water partition coefficient (Wildman–Crippen LogP) is 3.10. The van der Waals surface area contributed by atoms with Crippen molar-refractivity contribution in [3.8, 4) is 17.2 Å². The zero-order chi connectivity index (χ0) is 24.3. The summed E-state index contributed by atoms with van der Waals surface area (Å²) in [6.45, 7) is 1.77. The molecule has 14 heteroatoms. The van der Waals surface area contributed by atoms with Crippen molar-refractivity contribution < 1.29 is 33.7 Å². The summed E-state index contributed by atoms with van der Waals surface area (Å²) in [6, 6.07) is 4.50. The van der Waals surface area contributed by atoms with Crippen molar-refractivity contribution in [1.82, 2.24) is 10.6 Å². The van der Waals surface area contributed by atoms with Gasteiger partial charge >= 0.3 is 11.7 Å². The number of urea groups is 1. The summed E-state index contributed by atoms with van der Waals surface area (Å²) in [7, 11) is 0. The van der Waals surface area contributed by atoms with Crippen LogP contribution in [-0.2, 0) is 9.59 Å². The first kappa shape index (κ1) is 23.1. The molecule has 0 bridgehead atoms. The van der Waals surface area contributed by atoms with Crippen molar-refractivity contribution in [2.45, 2.75) is 6.92 Å². The van der Waals surface area contributed by atoms with Crippen molar-refractivity contribution in [2.24, 2.45) is 0 Å². The lowest BCUT2D eigenvalue weighted by Crippen LogP contribution is -2.51. The maximum absolute atomic E-state index is 11.9. The summed E-state index contributed by atoms with van der Waals surface area (Å²) < 4.78 is 11.1. The number of benzene rings is 2. The fourth-order valence-electron chi connectivity index (χ4n) is 2.76. The number of hydrogen-bond donors (Lipinski definition) is 2. The summed E-state index contributed by atoms with van der Waals surface area (Å²) in [6.07, 6.45) is 1.16. The molecule has 0 spiro atoms. The average molecular weight is 477 g/mol. The minimum atomic E-state index is -0.955. The van der Waals surface area contributed by atoms with E-state index < -0.39 is 39.1 Å². The molecule has 0 radical (unpaired) electrons. The Balaban J connectivity index is 2.04. The van der Waals surface area contributed by atoms with E-state index in [0.29, 0.717) is 0 Å². The third kappa shape index (κ3) is 5.04. The maximum Gasteiger partial charge on any atom is 0.328 e. The number of nitro benzene ring substituents is 2. The highest BCUT2D eigenvalue weighted by atomic mass is 35.5. The van der Waals surface area contributed by atoms with Crippen LogP contribution in [0.1, 0.15) is 12.5 Å². The van der Waals surface area contributed by atoms with Gasteiger partial charge in [-0.05, 0) is 36.8 Å². The number of carbonyl (C=O) groups is 3. The zero-order valence-corrected chi connectivity index (χ0v) is 17.4. The number of imide groups is 2. The summed E-state index contributed by atoms with van der Waals surface area (Å²) in [5.74, 6) is -2.29. The van der Waals surface area contributed by atoms with Crippen molar-refractivity contribution >= 4 is 46.9 Å². The topological polar surface area (TPSA) is 180 Å². The number of ether oxygens (including phenoxy) is 2. The summed E-state index contributed by atoms with van der Waals surface area (Å²) in [5, 5.41) is 26.1. The highest BCUT2D eigenvalue weighted by molar-refractivity contribution is 6.33. The van der Waals surface area contributed by atoms with Gasteiger partial charge in [-0.3, -0.25) is 40.5 Å². The molecule has 1 aliphatic heterocycles. The van der Waals surface area contributed by atoms with Crippen LogP contribution in [0, 0.1) is 20.2 Å². The van der Waals surface area contributed by atoms with E-state index in [1.165, 1.54) is 12.1 Å². The fourth-order valence-corrected chi connectivity index (χ4v) is 3.02. The molecule has 2 aromatic rings. The van der Waals surface area contributed by atoms with Crippen LogP contribution in [0.3, 0.4) is 0 Å². The van der Waals surface area contributed by atoms with Gasteiger partial charge < -0.3 is 9.47 Å². The van der Waals surface area contributed by atoms with Crippen molar-refractivity contribution in [1.29, 1.82) is 0 Å². The molecule has 33 heavy (non-hydrogen) atoms. The van der Waals surface area contributed by atoms with Gasteiger partial charge in [0.2, 0.25) is 5.75 Å². The summed E-state index contributed by atoms with van der Waals surface area (Å²) >= 11 is 6.28. The third-order valence-electron chi connectivity index (χ3n) is 4.15. The molecule has 0 unspecified atom stereocenters. The minimum absolute atomic E-state index is 0.0113. The van der Waals surface area contributed by atoms with Gasteiger partial charge in [-0.25, -0.2) is 4.79 Å². The molecular formula is C19H13ClN4O9. The Hall–Kier alpha value is -4.52. The lowest BCUT2D eigenvalue weighted by Gasteiger charge is -2.16. The molecule has 0 aliphatic carbocycles. The number of hydrogen-bond acceptors (Lipinski definition) is 9. The molecule has 1 aliphatic rings. The Bertz CT molecular complexity index is 1220. The second-order valence-corrected chi connectivity index (χ2v) is 6.73. The average Bonchev–Trinajstić information content (AvgIpc) is 2.73. The smallest absolute Gasteiger partial charge is 0.328 e. The molecule has 3 rings (SSSR count).